The number of carbonyl (C=O) groups is 1. The number of amides is 2. The van der Waals surface area contributed by atoms with Crippen molar-refractivity contribution in [1.29, 1.82) is 0 Å². The summed E-state index contributed by atoms with van der Waals surface area (Å²) in [7, 11) is 0. The fourth-order valence-electron chi connectivity index (χ4n) is 4.77. The molecule has 222 valence electrons. The molecule has 0 bridgehead atoms. The second-order valence-electron chi connectivity index (χ2n) is 10.2. The average Bonchev–Trinajstić information content (AvgIpc) is 3.58. The molecule has 0 saturated heterocycles. The highest BCUT2D eigenvalue weighted by Gasteiger charge is 2.31. The third kappa shape index (κ3) is 7.03. The van der Waals surface area contributed by atoms with Crippen LogP contribution in [0.25, 0.3) is 22.8 Å². The van der Waals surface area contributed by atoms with Crippen molar-refractivity contribution in [3.63, 3.8) is 0 Å². The van der Waals surface area contributed by atoms with Gasteiger partial charge >= 0.3 is 12.4 Å². The van der Waals surface area contributed by atoms with Crippen LogP contribution in [0.4, 0.5) is 18.0 Å². The van der Waals surface area contributed by atoms with E-state index < -0.39 is 12.4 Å². The maximum Gasteiger partial charge on any atom is 0.573 e. The monoisotopic (exact) mass is 606 g/mol. The average molecular weight is 607 g/mol. The van der Waals surface area contributed by atoms with Crippen LogP contribution < -0.4 is 14.9 Å². The van der Waals surface area contributed by atoms with Crippen LogP contribution in [-0.2, 0) is 6.54 Å². The molecule has 5 aromatic rings. The number of hydrogen-bond acceptors (Lipinski definition) is 5. The Labute approximate surface area is 250 Å². The second kappa shape index (κ2) is 12.3. The van der Waals surface area contributed by atoms with E-state index in [0.29, 0.717) is 22.2 Å². The predicted molar refractivity (Wildman–Crippen MR) is 158 cm³/mol. The summed E-state index contributed by atoms with van der Waals surface area (Å²) in [5.74, 6) is 0.434. The van der Waals surface area contributed by atoms with E-state index in [2.05, 4.69) is 58.0 Å². The molecule has 5 rings (SSSR count). The molecule has 0 fully saturated rings. The molecule has 0 radical (unpaired) electrons. The quantitative estimate of drug-likeness (QED) is 0.212. The number of rotatable bonds is 7. The van der Waals surface area contributed by atoms with Crippen molar-refractivity contribution < 1.29 is 22.7 Å². The summed E-state index contributed by atoms with van der Waals surface area (Å²) in [6, 6.07) is 18.5. The molecule has 0 spiro atoms. The molecular formula is C31H29F3N6O2S. The highest BCUT2D eigenvalue weighted by molar-refractivity contribution is 7.07. The van der Waals surface area contributed by atoms with E-state index in [1.807, 2.05) is 47.2 Å². The standard InChI is InChI=1S/C31H29F3N6O2S/c1-19(2)27-20(3)6-5-7-26(27)40-21(4)17-43-30(40)37-29(41)35-16-22-8-10-23(11-9-22)28-36-18-39(38-28)24-12-14-25(15-13-24)42-31(32,33)34/h5-15,17-19H,16H2,1-4H3,(H,35,41). The lowest BCUT2D eigenvalue weighted by atomic mass is 9.96. The van der Waals surface area contributed by atoms with Gasteiger partial charge in [0.05, 0.1) is 11.4 Å². The van der Waals surface area contributed by atoms with Gasteiger partial charge in [-0.2, -0.15) is 4.99 Å². The van der Waals surface area contributed by atoms with Gasteiger partial charge in [-0.05, 0) is 66.8 Å². The van der Waals surface area contributed by atoms with Crippen LogP contribution >= 0.6 is 11.3 Å². The van der Waals surface area contributed by atoms with Gasteiger partial charge in [0.1, 0.15) is 12.1 Å². The van der Waals surface area contributed by atoms with E-state index >= 15 is 0 Å². The van der Waals surface area contributed by atoms with Crippen molar-refractivity contribution in [2.24, 2.45) is 4.99 Å². The van der Waals surface area contributed by atoms with Crippen molar-refractivity contribution in [2.75, 3.05) is 0 Å². The molecule has 12 heteroatoms. The topological polar surface area (TPSA) is 86.3 Å². The summed E-state index contributed by atoms with van der Waals surface area (Å²) in [6.07, 6.45) is -3.28. The number of thiazole rings is 1. The number of ether oxygens (including phenoxy) is 1. The number of halogens is 3. The largest absolute Gasteiger partial charge is 0.573 e. The van der Waals surface area contributed by atoms with Crippen LogP contribution in [0.5, 0.6) is 5.75 Å². The predicted octanol–water partition coefficient (Wildman–Crippen LogP) is 7.24. The molecule has 0 saturated carbocycles. The Hall–Kier alpha value is -4.71. The molecule has 0 aliphatic rings. The highest BCUT2D eigenvalue weighted by atomic mass is 32.1. The van der Waals surface area contributed by atoms with E-state index in [-0.39, 0.29) is 12.3 Å². The number of carbonyl (C=O) groups excluding carboxylic acids is 1. The van der Waals surface area contributed by atoms with Crippen LogP contribution in [-0.4, -0.2) is 31.7 Å². The Bertz CT molecular complexity index is 1800. The van der Waals surface area contributed by atoms with E-state index in [4.69, 9.17) is 0 Å². The minimum absolute atomic E-state index is 0.281. The van der Waals surface area contributed by atoms with Crippen LogP contribution in [0.15, 0.2) is 83.4 Å². The van der Waals surface area contributed by atoms with Gasteiger partial charge in [0.25, 0.3) is 0 Å². The zero-order valence-corrected chi connectivity index (χ0v) is 24.7. The van der Waals surface area contributed by atoms with Gasteiger partial charge in [-0.25, -0.2) is 14.5 Å². The Morgan fingerprint density at radius 2 is 1.77 bits per heavy atom. The number of urea groups is 1. The van der Waals surface area contributed by atoms with Crippen molar-refractivity contribution in [3.05, 3.63) is 106 Å². The van der Waals surface area contributed by atoms with E-state index in [1.54, 1.807) is 0 Å². The molecule has 2 aromatic heterocycles. The van der Waals surface area contributed by atoms with E-state index in [1.165, 1.54) is 57.7 Å². The van der Waals surface area contributed by atoms with Gasteiger partial charge in [-0.3, -0.25) is 4.57 Å². The molecule has 0 aliphatic heterocycles. The van der Waals surface area contributed by atoms with E-state index in [9.17, 15) is 18.0 Å². The first-order valence-electron chi connectivity index (χ1n) is 13.5. The summed E-state index contributed by atoms with van der Waals surface area (Å²) in [6.45, 7) is 8.69. The van der Waals surface area contributed by atoms with Gasteiger partial charge in [0.15, 0.2) is 10.6 Å². The van der Waals surface area contributed by atoms with Crippen LogP contribution in [0.1, 0.15) is 42.1 Å². The summed E-state index contributed by atoms with van der Waals surface area (Å²) >= 11 is 1.42. The molecule has 1 N–H and O–H groups in total. The lowest BCUT2D eigenvalue weighted by molar-refractivity contribution is -0.274. The number of hydrogen-bond donors (Lipinski definition) is 1. The smallest absolute Gasteiger partial charge is 0.406 e. The first-order chi connectivity index (χ1) is 20.5. The van der Waals surface area contributed by atoms with Crippen LogP contribution in [0.2, 0.25) is 0 Å². The minimum atomic E-state index is -4.75. The fraction of sp³-hybridized carbons (Fsp3) is 0.226. The van der Waals surface area contributed by atoms with Crippen molar-refractivity contribution in [1.82, 2.24) is 24.6 Å². The molecule has 0 unspecified atom stereocenters. The first-order valence-corrected chi connectivity index (χ1v) is 14.3. The number of nitrogens with zero attached hydrogens (tertiary/aromatic N) is 5. The molecule has 0 atom stereocenters. The summed E-state index contributed by atoms with van der Waals surface area (Å²) in [5, 5.41) is 9.27. The third-order valence-electron chi connectivity index (χ3n) is 6.68. The maximum absolute atomic E-state index is 12.8. The lowest BCUT2D eigenvalue weighted by Crippen LogP contribution is -2.24. The van der Waals surface area contributed by atoms with Crippen molar-refractivity contribution in [2.45, 2.75) is 46.5 Å². The van der Waals surface area contributed by atoms with Crippen molar-refractivity contribution in [3.8, 4) is 28.5 Å². The van der Waals surface area contributed by atoms with Gasteiger partial charge in [0.2, 0.25) is 0 Å². The molecule has 0 aliphatic carbocycles. The molecular weight excluding hydrogens is 577 g/mol. The number of aryl methyl sites for hydroxylation is 2. The molecule has 3 aromatic carbocycles. The number of aromatic nitrogens is 4. The normalized spacial score (nSPS) is 12.1. The van der Waals surface area contributed by atoms with Gasteiger partial charge in [-0.15, -0.1) is 29.6 Å². The molecule has 43 heavy (non-hydrogen) atoms. The van der Waals surface area contributed by atoms with E-state index in [0.717, 1.165) is 22.5 Å². The first kappa shape index (κ1) is 29.8. The Morgan fingerprint density at radius 1 is 1.05 bits per heavy atom. The van der Waals surface area contributed by atoms with Crippen LogP contribution in [0, 0.1) is 13.8 Å². The molecule has 2 heterocycles. The Balaban J connectivity index is 1.25. The number of benzene rings is 3. The highest BCUT2D eigenvalue weighted by Crippen LogP contribution is 2.27. The SMILES string of the molecule is Cc1cccc(-n2c(C)csc2=NC(=O)NCc2ccc(-c3ncn(-c4ccc(OC(F)(F)F)cc4)n3)cc2)c1C(C)C. The minimum Gasteiger partial charge on any atom is -0.406 e. The van der Waals surface area contributed by atoms with Gasteiger partial charge in [0, 0.05) is 23.2 Å². The lowest BCUT2D eigenvalue weighted by Gasteiger charge is -2.17. The fourth-order valence-corrected chi connectivity index (χ4v) is 5.64. The van der Waals surface area contributed by atoms with Gasteiger partial charge < -0.3 is 10.1 Å². The molecule has 8 nitrogen and oxygen atoms in total. The van der Waals surface area contributed by atoms with Crippen molar-refractivity contribution >= 4 is 17.4 Å². The third-order valence-corrected chi connectivity index (χ3v) is 7.62. The molecule has 2 amide bonds. The Kier molecular flexibility index (Phi) is 8.49. The second-order valence-corrected chi connectivity index (χ2v) is 11.0. The summed E-state index contributed by atoms with van der Waals surface area (Å²) in [4.78, 5) is 22.1. The maximum atomic E-state index is 12.8. The Morgan fingerprint density at radius 3 is 2.44 bits per heavy atom. The zero-order chi connectivity index (χ0) is 30.7. The summed E-state index contributed by atoms with van der Waals surface area (Å²) in [5.41, 5.74) is 6.58. The number of alkyl halides is 3. The summed E-state index contributed by atoms with van der Waals surface area (Å²) < 4.78 is 44.6. The zero-order valence-electron chi connectivity index (χ0n) is 23.9. The number of nitrogens with one attached hydrogen (secondary N) is 1. The van der Waals surface area contributed by atoms with Crippen LogP contribution in [0.3, 0.4) is 0 Å². The van der Waals surface area contributed by atoms with Gasteiger partial charge in [-0.1, -0.05) is 50.2 Å².